The van der Waals surface area contributed by atoms with Crippen molar-refractivity contribution in [3.8, 4) is 17.2 Å². The number of nitrogens with two attached hydrogens (primary N) is 1. The fraction of sp³-hybridized carbons (Fsp3) is 0.533. The summed E-state index contributed by atoms with van der Waals surface area (Å²) in [5, 5.41) is 1.30. The standard InChI is InChI=1S/C30H42N4O2/c1-20(2)30-29(21-6-9-23(10-7-21)33-16-14-32(3)15-17-33)25-18-22(31)8-12-26(25)34(30)24-11-13-27(35-4)28(19-24)36-5/h8,11-13,18-21,23H,6-7,9-10,14-17,31H2,1-5H3. The molecule has 0 bridgehead atoms. The number of hydrogen-bond donors (Lipinski definition) is 1. The first-order chi connectivity index (χ1) is 17.4. The van der Waals surface area contributed by atoms with Gasteiger partial charge in [-0.3, -0.25) is 4.90 Å². The van der Waals surface area contributed by atoms with E-state index in [2.05, 4.69) is 59.5 Å². The highest BCUT2D eigenvalue weighted by atomic mass is 16.5. The maximum Gasteiger partial charge on any atom is 0.162 e. The number of fused-ring (bicyclic) bond motifs is 1. The molecule has 1 saturated heterocycles. The van der Waals surface area contributed by atoms with Gasteiger partial charge in [0, 0.05) is 60.7 Å². The lowest BCUT2D eigenvalue weighted by molar-refractivity contribution is 0.0878. The van der Waals surface area contributed by atoms with Gasteiger partial charge in [-0.25, -0.2) is 0 Å². The third-order valence-electron chi connectivity index (χ3n) is 8.40. The fourth-order valence-corrected chi connectivity index (χ4v) is 6.51. The Bertz CT molecular complexity index is 1200. The van der Waals surface area contributed by atoms with E-state index in [1.165, 1.54) is 74.0 Å². The number of nitrogens with zero attached hydrogens (tertiary/aromatic N) is 3. The average Bonchev–Trinajstić information content (AvgIpc) is 3.23. The quantitative estimate of drug-likeness (QED) is 0.454. The lowest BCUT2D eigenvalue weighted by Gasteiger charge is -2.41. The summed E-state index contributed by atoms with van der Waals surface area (Å²) in [4.78, 5) is 5.19. The van der Waals surface area contributed by atoms with Crippen LogP contribution in [0.25, 0.3) is 16.6 Å². The van der Waals surface area contributed by atoms with Crippen LogP contribution in [0.3, 0.4) is 0 Å². The topological polar surface area (TPSA) is 55.9 Å². The Labute approximate surface area is 216 Å². The molecule has 2 heterocycles. The van der Waals surface area contributed by atoms with Gasteiger partial charge >= 0.3 is 0 Å². The summed E-state index contributed by atoms with van der Waals surface area (Å²) < 4.78 is 13.6. The van der Waals surface area contributed by atoms with Crippen molar-refractivity contribution >= 4 is 16.6 Å². The average molecular weight is 491 g/mol. The van der Waals surface area contributed by atoms with E-state index in [1.54, 1.807) is 14.2 Å². The van der Waals surface area contributed by atoms with Gasteiger partial charge in [0.05, 0.1) is 19.7 Å². The minimum absolute atomic E-state index is 0.372. The summed E-state index contributed by atoms with van der Waals surface area (Å²) in [7, 11) is 5.62. The highest BCUT2D eigenvalue weighted by molar-refractivity contribution is 5.90. The van der Waals surface area contributed by atoms with Gasteiger partial charge in [0.25, 0.3) is 0 Å². The molecule has 0 amide bonds. The highest BCUT2D eigenvalue weighted by Gasteiger charge is 2.32. The van der Waals surface area contributed by atoms with Crippen LogP contribution in [-0.4, -0.2) is 67.9 Å². The van der Waals surface area contributed by atoms with Crippen molar-refractivity contribution in [2.45, 2.75) is 57.4 Å². The molecule has 2 aromatic carbocycles. The summed E-state index contributed by atoms with van der Waals surface area (Å²) in [6.07, 6.45) is 5.02. The minimum atomic E-state index is 0.372. The van der Waals surface area contributed by atoms with Gasteiger partial charge in [0.2, 0.25) is 0 Å². The van der Waals surface area contributed by atoms with Crippen LogP contribution in [0.15, 0.2) is 36.4 Å². The zero-order valence-corrected chi connectivity index (χ0v) is 22.6. The maximum atomic E-state index is 6.35. The van der Waals surface area contributed by atoms with E-state index in [-0.39, 0.29) is 0 Å². The number of likely N-dealkylation sites (N-methyl/N-ethyl adjacent to an activating group) is 1. The van der Waals surface area contributed by atoms with Crippen LogP contribution in [0.5, 0.6) is 11.5 Å². The van der Waals surface area contributed by atoms with Crippen molar-refractivity contribution < 1.29 is 9.47 Å². The lowest BCUT2D eigenvalue weighted by Crippen LogP contribution is -2.49. The minimum Gasteiger partial charge on any atom is -0.493 e. The number of benzene rings is 2. The number of ether oxygens (including phenoxy) is 2. The second-order valence-corrected chi connectivity index (χ2v) is 10.9. The second-order valence-electron chi connectivity index (χ2n) is 10.9. The van der Waals surface area contributed by atoms with E-state index < -0.39 is 0 Å². The van der Waals surface area contributed by atoms with Crippen LogP contribution < -0.4 is 15.2 Å². The molecule has 2 N–H and O–H groups in total. The summed E-state index contributed by atoms with van der Waals surface area (Å²) in [5.74, 6) is 2.42. The van der Waals surface area contributed by atoms with E-state index in [0.29, 0.717) is 11.8 Å². The predicted molar refractivity (Wildman–Crippen MR) is 149 cm³/mol. The summed E-state index contributed by atoms with van der Waals surface area (Å²) >= 11 is 0. The van der Waals surface area contributed by atoms with Gasteiger partial charge in [0.1, 0.15) is 0 Å². The summed E-state index contributed by atoms with van der Waals surface area (Å²) in [6.45, 7) is 9.42. The molecule has 1 aliphatic heterocycles. The first-order valence-corrected chi connectivity index (χ1v) is 13.5. The molecule has 0 unspecified atom stereocenters. The SMILES string of the molecule is COc1ccc(-n2c(C(C)C)c(C3CCC(N4CCN(C)CC4)CC3)c3cc(N)ccc32)cc1OC. The molecule has 0 spiro atoms. The number of aromatic nitrogens is 1. The number of nitrogen functional groups attached to an aromatic ring is 1. The van der Waals surface area contributed by atoms with Crippen molar-refractivity contribution in [2.75, 3.05) is 53.2 Å². The molecule has 3 aromatic rings. The third kappa shape index (κ3) is 4.57. The van der Waals surface area contributed by atoms with E-state index >= 15 is 0 Å². The van der Waals surface area contributed by atoms with Gasteiger partial charge in [0.15, 0.2) is 11.5 Å². The summed E-state index contributed by atoms with van der Waals surface area (Å²) in [5.41, 5.74) is 12.4. The molecule has 1 aliphatic carbocycles. The zero-order chi connectivity index (χ0) is 25.4. The first kappa shape index (κ1) is 25.0. The van der Waals surface area contributed by atoms with Gasteiger partial charge < -0.3 is 24.7 Å². The molecule has 36 heavy (non-hydrogen) atoms. The first-order valence-electron chi connectivity index (χ1n) is 13.5. The molecule has 1 aromatic heterocycles. The second kappa shape index (κ2) is 10.3. The Morgan fingerprint density at radius 1 is 0.861 bits per heavy atom. The van der Waals surface area contributed by atoms with E-state index in [1.807, 2.05) is 12.1 Å². The normalized spacial score (nSPS) is 21.8. The van der Waals surface area contributed by atoms with Crippen LogP contribution in [0.4, 0.5) is 5.69 Å². The number of rotatable bonds is 6. The van der Waals surface area contributed by atoms with Gasteiger partial charge in [-0.05, 0) is 80.5 Å². The molecule has 6 nitrogen and oxygen atoms in total. The maximum absolute atomic E-state index is 6.35. The van der Waals surface area contributed by atoms with Crippen molar-refractivity contribution in [3.05, 3.63) is 47.7 Å². The zero-order valence-electron chi connectivity index (χ0n) is 22.6. The Balaban J connectivity index is 1.55. The van der Waals surface area contributed by atoms with Crippen molar-refractivity contribution in [3.63, 3.8) is 0 Å². The molecule has 2 fully saturated rings. The van der Waals surface area contributed by atoms with E-state index in [0.717, 1.165) is 28.9 Å². The van der Waals surface area contributed by atoms with Crippen LogP contribution in [0, 0.1) is 0 Å². The van der Waals surface area contributed by atoms with Crippen molar-refractivity contribution in [1.82, 2.24) is 14.4 Å². The third-order valence-corrected chi connectivity index (χ3v) is 8.40. The molecule has 0 atom stereocenters. The monoisotopic (exact) mass is 490 g/mol. The molecule has 2 aliphatic rings. The van der Waals surface area contributed by atoms with Crippen molar-refractivity contribution in [1.29, 1.82) is 0 Å². The van der Waals surface area contributed by atoms with Gasteiger partial charge in [-0.1, -0.05) is 13.8 Å². The number of piperazine rings is 1. The Hall–Kier alpha value is -2.70. The lowest BCUT2D eigenvalue weighted by atomic mass is 9.79. The van der Waals surface area contributed by atoms with Crippen LogP contribution in [0.2, 0.25) is 0 Å². The molecule has 0 radical (unpaired) electrons. The van der Waals surface area contributed by atoms with Gasteiger partial charge in [-0.15, -0.1) is 0 Å². The van der Waals surface area contributed by atoms with Gasteiger partial charge in [-0.2, -0.15) is 0 Å². The molecule has 5 rings (SSSR count). The molecule has 194 valence electrons. The Kier molecular flexibility index (Phi) is 7.18. The Morgan fingerprint density at radius 2 is 1.56 bits per heavy atom. The van der Waals surface area contributed by atoms with E-state index in [4.69, 9.17) is 15.2 Å². The smallest absolute Gasteiger partial charge is 0.162 e. The molecule has 6 heteroatoms. The molecule has 1 saturated carbocycles. The predicted octanol–water partition coefficient (Wildman–Crippen LogP) is 5.63. The van der Waals surface area contributed by atoms with E-state index in [9.17, 15) is 0 Å². The number of hydrogen-bond acceptors (Lipinski definition) is 5. The van der Waals surface area contributed by atoms with Crippen molar-refractivity contribution in [2.24, 2.45) is 0 Å². The summed E-state index contributed by atoms with van der Waals surface area (Å²) in [6, 6.07) is 13.4. The number of anilines is 1. The molecular weight excluding hydrogens is 448 g/mol. The fourth-order valence-electron chi connectivity index (χ4n) is 6.51. The van der Waals surface area contributed by atoms with Crippen LogP contribution in [0.1, 0.15) is 62.6 Å². The molecular formula is C30H42N4O2. The van der Waals surface area contributed by atoms with Crippen LogP contribution in [-0.2, 0) is 0 Å². The van der Waals surface area contributed by atoms with Crippen LogP contribution >= 0.6 is 0 Å². The Morgan fingerprint density at radius 3 is 2.19 bits per heavy atom. The highest BCUT2D eigenvalue weighted by Crippen LogP contribution is 2.45. The largest absolute Gasteiger partial charge is 0.493 e. The number of methoxy groups -OCH3 is 2.